The molecule has 1 aliphatic carbocycles. The molecule has 0 nitrogen and oxygen atoms in total. The molecule has 0 unspecified atom stereocenters. The van der Waals surface area contributed by atoms with Gasteiger partial charge in [-0.15, -0.1) is 0 Å². The van der Waals surface area contributed by atoms with Crippen molar-refractivity contribution in [1.29, 1.82) is 0 Å². The van der Waals surface area contributed by atoms with Gasteiger partial charge in [0.05, 0.1) is 0 Å². The summed E-state index contributed by atoms with van der Waals surface area (Å²) in [6.45, 7) is 0. The van der Waals surface area contributed by atoms with E-state index in [0.29, 0.717) is 0 Å². The van der Waals surface area contributed by atoms with Gasteiger partial charge in [0.25, 0.3) is 0 Å². The van der Waals surface area contributed by atoms with Gasteiger partial charge >= 0.3 is 0 Å². The quantitative estimate of drug-likeness (QED) is 0.593. The predicted molar refractivity (Wildman–Crippen MR) is 50.8 cm³/mol. The molecule has 0 N–H and O–H groups in total. The molecular weight excluding hydrogens is 152 g/mol. The zero-order valence-corrected chi connectivity index (χ0v) is 7.36. The Kier molecular flexibility index (Phi) is 2.08. The van der Waals surface area contributed by atoms with Gasteiger partial charge in [0.1, 0.15) is 0 Å². The zero-order chi connectivity index (χ0) is 7.52. The standard InChI is InChI=1S/C10H12S/c1-2-4-9(3-1)7-10-5-6-11-8-10/h5-8H,1-4H2. The lowest BCUT2D eigenvalue weighted by molar-refractivity contribution is 0.886. The molecular formula is C10H12S. The smallest absolute Gasteiger partial charge is 0.00208 e. The first-order valence-electron chi connectivity index (χ1n) is 4.17. The minimum Gasteiger partial charge on any atom is -0.152 e. The Morgan fingerprint density at radius 1 is 1.27 bits per heavy atom. The predicted octanol–water partition coefficient (Wildman–Crippen LogP) is 3.71. The van der Waals surface area contributed by atoms with E-state index in [1.807, 2.05) is 0 Å². The molecule has 1 heteroatoms. The van der Waals surface area contributed by atoms with Crippen molar-refractivity contribution >= 4 is 17.4 Å². The second kappa shape index (κ2) is 3.22. The van der Waals surface area contributed by atoms with E-state index in [1.54, 1.807) is 16.9 Å². The highest BCUT2D eigenvalue weighted by atomic mass is 32.1. The molecule has 0 spiro atoms. The summed E-state index contributed by atoms with van der Waals surface area (Å²) in [6, 6.07) is 2.19. The topological polar surface area (TPSA) is 0 Å². The minimum atomic E-state index is 1.33. The fourth-order valence-electron chi connectivity index (χ4n) is 1.57. The van der Waals surface area contributed by atoms with Gasteiger partial charge < -0.3 is 0 Å². The average Bonchev–Trinajstić information content (AvgIpc) is 2.60. The molecule has 0 saturated heterocycles. The van der Waals surface area contributed by atoms with Crippen LogP contribution in [-0.2, 0) is 0 Å². The summed E-state index contributed by atoms with van der Waals surface area (Å²) in [4.78, 5) is 0. The first kappa shape index (κ1) is 7.11. The molecule has 1 heterocycles. The van der Waals surface area contributed by atoms with E-state index in [9.17, 15) is 0 Å². The molecule has 1 aliphatic rings. The third-order valence-electron chi connectivity index (χ3n) is 2.16. The van der Waals surface area contributed by atoms with Crippen molar-refractivity contribution in [3.63, 3.8) is 0 Å². The average molecular weight is 164 g/mol. The van der Waals surface area contributed by atoms with Crippen LogP contribution in [0.2, 0.25) is 0 Å². The molecule has 0 atom stereocenters. The van der Waals surface area contributed by atoms with Crippen LogP contribution < -0.4 is 0 Å². The normalized spacial score (nSPS) is 17.3. The highest BCUT2D eigenvalue weighted by Gasteiger charge is 2.05. The maximum Gasteiger partial charge on any atom is -0.00208 e. The first-order valence-corrected chi connectivity index (χ1v) is 5.11. The summed E-state index contributed by atoms with van der Waals surface area (Å²) in [5.74, 6) is 0. The Hall–Kier alpha value is -0.560. The molecule has 1 fully saturated rings. The summed E-state index contributed by atoms with van der Waals surface area (Å²) >= 11 is 1.78. The monoisotopic (exact) mass is 164 g/mol. The summed E-state index contributed by atoms with van der Waals surface area (Å²) in [6.07, 6.45) is 7.81. The minimum absolute atomic E-state index is 1.33. The Bertz CT molecular complexity index is 236. The second-order valence-electron chi connectivity index (χ2n) is 3.07. The number of allylic oxidation sites excluding steroid dienone is 1. The van der Waals surface area contributed by atoms with Crippen LogP contribution in [-0.4, -0.2) is 0 Å². The van der Waals surface area contributed by atoms with Crippen LogP contribution in [0.3, 0.4) is 0 Å². The van der Waals surface area contributed by atoms with Crippen LogP contribution in [0, 0.1) is 0 Å². The molecule has 0 radical (unpaired) electrons. The van der Waals surface area contributed by atoms with E-state index < -0.39 is 0 Å². The lowest BCUT2D eigenvalue weighted by Crippen LogP contribution is -1.70. The molecule has 0 aromatic carbocycles. The Morgan fingerprint density at radius 3 is 2.73 bits per heavy atom. The van der Waals surface area contributed by atoms with Crippen molar-refractivity contribution in [2.75, 3.05) is 0 Å². The molecule has 2 rings (SSSR count). The number of rotatable bonds is 1. The van der Waals surface area contributed by atoms with E-state index in [4.69, 9.17) is 0 Å². The molecule has 0 bridgehead atoms. The fourth-order valence-corrected chi connectivity index (χ4v) is 2.18. The number of hydrogen-bond donors (Lipinski definition) is 0. The number of hydrogen-bond acceptors (Lipinski definition) is 1. The van der Waals surface area contributed by atoms with Crippen molar-refractivity contribution in [3.05, 3.63) is 28.0 Å². The van der Waals surface area contributed by atoms with Gasteiger partial charge in [-0.1, -0.05) is 11.6 Å². The highest BCUT2D eigenvalue weighted by Crippen LogP contribution is 2.26. The molecule has 0 amide bonds. The van der Waals surface area contributed by atoms with E-state index in [-0.39, 0.29) is 0 Å². The first-order chi connectivity index (χ1) is 5.45. The van der Waals surface area contributed by atoms with E-state index in [0.717, 1.165) is 0 Å². The van der Waals surface area contributed by atoms with Crippen LogP contribution in [0.1, 0.15) is 31.2 Å². The summed E-state index contributed by atoms with van der Waals surface area (Å²) in [5, 5.41) is 4.35. The molecule has 1 aromatic rings. The van der Waals surface area contributed by atoms with Crippen LogP contribution >= 0.6 is 11.3 Å². The molecule has 1 saturated carbocycles. The van der Waals surface area contributed by atoms with E-state index >= 15 is 0 Å². The van der Waals surface area contributed by atoms with Crippen LogP contribution in [0.4, 0.5) is 0 Å². The van der Waals surface area contributed by atoms with Crippen molar-refractivity contribution in [1.82, 2.24) is 0 Å². The van der Waals surface area contributed by atoms with Gasteiger partial charge in [-0.05, 0) is 48.1 Å². The third-order valence-corrected chi connectivity index (χ3v) is 2.86. The molecule has 1 aromatic heterocycles. The maximum atomic E-state index is 2.35. The van der Waals surface area contributed by atoms with Gasteiger partial charge in [0.2, 0.25) is 0 Å². The van der Waals surface area contributed by atoms with Crippen LogP contribution in [0.25, 0.3) is 6.08 Å². The molecule has 58 valence electrons. The van der Waals surface area contributed by atoms with Gasteiger partial charge in [-0.3, -0.25) is 0 Å². The van der Waals surface area contributed by atoms with Crippen LogP contribution in [0.5, 0.6) is 0 Å². The lowest BCUT2D eigenvalue weighted by atomic mass is 10.1. The molecule has 11 heavy (non-hydrogen) atoms. The van der Waals surface area contributed by atoms with E-state index in [1.165, 1.54) is 31.2 Å². The van der Waals surface area contributed by atoms with Gasteiger partial charge in [0, 0.05) is 0 Å². The van der Waals surface area contributed by atoms with Crippen molar-refractivity contribution in [2.24, 2.45) is 0 Å². The van der Waals surface area contributed by atoms with Gasteiger partial charge in [0.15, 0.2) is 0 Å². The lowest BCUT2D eigenvalue weighted by Gasteiger charge is -1.91. The third kappa shape index (κ3) is 1.72. The highest BCUT2D eigenvalue weighted by molar-refractivity contribution is 7.08. The van der Waals surface area contributed by atoms with Gasteiger partial charge in [-0.2, -0.15) is 11.3 Å². The van der Waals surface area contributed by atoms with Crippen molar-refractivity contribution in [2.45, 2.75) is 25.7 Å². The summed E-state index contributed by atoms with van der Waals surface area (Å²) in [7, 11) is 0. The zero-order valence-electron chi connectivity index (χ0n) is 6.55. The molecule has 0 aliphatic heterocycles. The Morgan fingerprint density at radius 2 is 2.09 bits per heavy atom. The largest absolute Gasteiger partial charge is 0.152 e. The maximum absolute atomic E-state index is 2.35. The van der Waals surface area contributed by atoms with E-state index in [2.05, 4.69) is 22.9 Å². The van der Waals surface area contributed by atoms with Crippen LogP contribution in [0.15, 0.2) is 22.4 Å². The fraction of sp³-hybridized carbons (Fsp3) is 0.400. The summed E-state index contributed by atoms with van der Waals surface area (Å²) in [5.41, 5.74) is 3.04. The SMILES string of the molecule is C(=C1CCCC1)c1ccsc1. The Balaban J connectivity index is 2.13. The summed E-state index contributed by atoms with van der Waals surface area (Å²) < 4.78 is 0. The number of thiophene rings is 1. The van der Waals surface area contributed by atoms with Crippen molar-refractivity contribution < 1.29 is 0 Å². The van der Waals surface area contributed by atoms with Gasteiger partial charge in [-0.25, -0.2) is 0 Å². The second-order valence-corrected chi connectivity index (χ2v) is 3.85. The Labute approximate surface area is 71.6 Å². The van der Waals surface area contributed by atoms with Crippen molar-refractivity contribution in [3.8, 4) is 0 Å².